The molecule has 3 nitrogen and oxygen atoms in total. The first-order valence-corrected chi connectivity index (χ1v) is 8.29. The number of likely N-dealkylation sites (tertiary alicyclic amines) is 1. The molecule has 1 aliphatic heterocycles. The first kappa shape index (κ1) is 15.2. The first-order valence-electron chi connectivity index (χ1n) is 7.41. The fourth-order valence-electron chi connectivity index (χ4n) is 3.12. The summed E-state index contributed by atoms with van der Waals surface area (Å²) in [5, 5.41) is 11.3. The normalized spacial score (nSPS) is 20.7. The lowest BCUT2D eigenvalue weighted by molar-refractivity contribution is -0.143. The van der Waals surface area contributed by atoms with E-state index in [1.165, 1.54) is 6.07 Å². The highest BCUT2D eigenvalue weighted by atomic mass is 32.1. The lowest BCUT2D eigenvalue weighted by Crippen LogP contribution is -2.41. The van der Waals surface area contributed by atoms with E-state index < -0.39 is 5.97 Å². The van der Waals surface area contributed by atoms with Crippen molar-refractivity contribution in [1.29, 1.82) is 0 Å². The van der Waals surface area contributed by atoms with Crippen LogP contribution in [0, 0.1) is 11.7 Å². The number of hydrogen-bond donors (Lipinski definition) is 1. The highest BCUT2D eigenvalue weighted by molar-refractivity contribution is 7.10. The Hall–Kier alpha value is -1.72. The molecule has 116 valence electrons. The Labute approximate surface area is 133 Å². The summed E-state index contributed by atoms with van der Waals surface area (Å²) in [6.07, 6.45) is 1.52. The van der Waals surface area contributed by atoms with Crippen LogP contribution in [0.4, 0.5) is 4.39 Å². The number of carboxylic acid groups (broad SMARTS) is 1. The van der Waals surface area contributed by atoms with Crippen molar-refractivity contribution >= 4 is 17.3 Å². The van der Waals surface area contributed by atoms with E-state index in [-0.39, 0.29) is 17.8 Å². The maximum atomic E-state index is 14.3. The Balaban J connectivity index is 1.96. The average Bonchev–Trinajstić information content (AvgIpc) is 3.04. The van der Waals surface area contributed by atoms with Gasteiger partial charge >= 0.3 is 5.97 Å². The zero-order chi connectivity index (χ0) is 15.5. The van der Waals surface area contributed by atoms with E-state index in [1.807, 2.05) is 23.6 Å². The number of piperidine rings is 1. The van der Waals surface area contributed by atoms with Crippen molar-refractivity contribution in [3.05, 3.63) is 58.0 Å². The highest BCUT2D eigenvalue weighted by Crippen LogP contribution is 2.35. The fraction of sp³-hybridized carbons (Fsp3) is 0.353. The molecule has 1 aromatic heterocycles. The molecule has 0 spiro atoms. The molecular formula is C17H18FNO2S. The van der Waals surface area contributed by atoms with Crippen LogP contribution in [-0.4, -0.2) is 29.1 Å². The Morgan fingerprint density at radius 3 is 2.82 bits per heavy atom. The largest absolute Gasteiger partial charge is 0.481 e. The smallest absolute Gasteiger partial charge is 0.307 e. The van der Waals surface area contributed by atoms with Gasteiger partial charge in [-0.3, -0.25) is 9.69 Å². The van der Waals surface area contributed by atoms with E-state index >= 15 is 0 Å². The number of benzene rings is 1. The molecule has 3 rings (SSSR count). The lowest BCUT2D eigenvalue weighted by Gasteiger charge is -2.37. The summed E-state index contributed by atoms with van der Waals surface area (Å²) < 4.78 is 14.3. The van der Waals surface area contributed by atoms with Crippen LogP contribution in [0.3, 0.4) is 0 Å². The second kappa shape index (κ2) is 6.58. The van der Waals surface area contributed by atoms with Gasteiger partial charge in [-0.1, -0.05) is 24.3 Å². The van der Waals surface area contributed by atoms with E-state index in [0.29, 0.717) is 18.5 Å². The van der Waals surface area contributed by atoms with Crippen molar-refractivity contribution in [2.24, 2.45) is 5.92 Å². The van der Waals surface area contributed by atoms with Crippen molar-refractivity contribution in [2.75, 3.05) is 13.1 Å². The number of halogens is 1. The molecule has 0 saturated carbocycles. The quantitative estimate of drug-likeness (QED) is 0.932. The molecule has 0 aliphatic carbocycles. The number of hydrogen-bond acceptors (Lipinski definition) is 3. The average molecular weight is 319 g/mol. The molecule has 2 atom stereocenters. The minimum Gasteiger partial charge on any atom is -0.481 e. The van der Waals surface area contributed by atoms with Crippen molar-refractivity contribution in [3.63, 3.8) is 0 Å². The molecule has 1 aromatic carbocycles. The molecule has 2 aromatic rings. The number of nitrogens with zero attached hydrogens (tertiary/aromatic N) is 1. The van der Waals surface area contributed by atoms with Crippen LogP contribution in [0.1, 0.15) is 29.3 Å². The minimum absolute atomic E-state index is 0.205. The van der Waals surface area contributed by atoms with Crippen LogP contribution in [0.2, 0.25) is 0 Å². The summed E-state index contributed by atoms with van der Waals surface area (Å²) in [5.74, 6) is -1.37. The third kappa shape index (κ3) is 3.05. The Bertz CT molecular complexity index is 644. The summed E-state index contributed by atoms with van der Waals surface area (Å²) in [6.45, 7) is 1.26. The van der Waals surface area contributed by atoms with Crippen LogP contribution in [0.15, 0.2) is 41.8 Å². The van der Waals surface area contributed by atoms with E-state index in [1.54, 1.807) is 23.5 Å². The minimum atomic E-state index is -0.761. The topological polar surface area (TPSA) is 40.5 Å². The van der Waals surface area contributed by atoms with Gasteiger partial charge in [0, 0.05) is 17.0 Å². The van der Waals surface area contributed by atoms with Gasteiger partial charge < -0.3 is 5.11 Å². The molecule has 5 heteroatoms. The van der Waals surface area contributed by atoms with Crippen molar-refractivity contribution in [1.82, 2.24) is 4.90 Å². The third-order valence-electron chi connectivity index (χ3n) is 4.18. The van der Waals surface area contributed by atoms with Gasteiger partial charge in [-0.05, 0) is 36.9 Å². The number of rotatable bonds is 4. The van der Waals surface area contributed by atoms with Gasteiger partial charge in [0.2, 0.25) is 0 Å². The zero-order valence-corrected chi connectivity index (χ0v) is 12.9. The Kier molecular flexibility index (Phi) is 4.55. The Morgan fingerprint density at radius 1 is 1.32 bits per heavy atom. The van der Waals surface area contributed by atoms with E-state index in [9.17, 15) is 14.3 Å². The third-order valence-corrected chi connectivity index (χ3v) is 5.10. The maximum absolute atomic E-state index is 14.3. The van der Waals surface area contributed by atoms with Crippen LogP contribution in [0.5, 0.6) is 0 Å². The number of thiophene rings is 1. The highest BCUT2D eigenvalue weighted by Gasteiger charge is 2.32. The van der Waals surface area contributed by atoms with Gasteiger partial charge in [-0.15, -0.1) is 11.3 Å². The second-order valence-corrected chi connectivity index (χ2v) is 6.59. The van der Waals surface area contributed by atoms with Crippen molar-refractivity contribution in [2.45, 2.75) is 18.9 Å². The van der Waals surface area contributed by atoms with Crippen molar-refractivity contribution in [3.8, 4) is 0 Å². The molecule has 2 heterocycles. The van der Waals surface area contributed by atoms with Crippen LogP contribution in [0.25, 0.3) is 0 Å². The van der Waals surface area contributed by atoms with Crippen molar-refractivity contribution < 1.29 is 14.3 Å². The standard InChI is InChI=1S/C17H18FNO2S/c18-14-7-2-1-6-13(14)16(15-8-4-10-22-15)19-9-3-5-12(11-19)17(20)21/h1-2,4,6-8,10,12,16H,3,5,9,11H2,(H,20,21). The van der Waals surface area contributed by atoms with Gasteiger partial charge in [-0.25, -0.2) is 4.39 Å². The van der Waals surface area contributed by atoms with E-state index in [2.05, 4.69) is 4.90 Å². The molecular weight excluding hydrogens is 301 g/mol. The number of carbonyl (C=O) groups is 1. The maximum Gasteiger partial charge on any atom is 0.307 e. The van der Waals surface area contributed by atoms with Crippen LogP contribution in [-0.2, 0) is 4.79 Å². The van der Waals surface area contributed by atoms with Gasteiger partial charge in [0.25, 0.3) is 0 Å². The van der Waals surface area contributed by atoms with Gasteiger partial charge in [0.1, 0.15) is 5.82 Å². The number of carboxylic acids is 1. The molecule has 0 amide bonds. The summed E-state index contributed by atoms with van der Waals surface area (Å²) >= 11 is 1.58. The monoisotopic (exact) mass is 319 g/mol. The predicted molar refractivity (Wildman–Crippen MR) is 84.5 cm³/mol. The predicted octanol–water partition coefficient (Wildman–Crippen LogP) is 3.77. The molecule has 2 unspecified atom stereocenters. The fourth-order valence-corrected chi connectivity index (χ4v) is 3.99. The Morgan fingerprint density at radius 2 is 2.14 bits per heavy atom. The molecule has 1 fully saturated rings. The summed E-state index contributed by atoms with van der Waals surface area (Å²) in [4.78, 5) is 14.5. The van der Waals surface area contributed by atoms with Crippen LogP contribution < -0.4 is 0 Å². The molecule has 0 bridgehead atoms. The first-order chi connectivity index (χ1) is 10.7. The summed E-state index contributed by atoms with van der Waals surface area (Å²) in [5.41, 5.74) is 0.621. The lowest BCUT2D eigenvalue weighted by atomic mass is 9.94. The molecule has 1 aliphatic rings. The molecule has 0 radical (unpaired) electrons. The van der Waals surface area contributed by atoms with Gasteiger partial charge in [-0.2, -0.15) is 0 Å². The number of aliphatic carboxylic acids is 1. The van der Waals surface area contributed by atoms with Crippen LogP contribution >= 0.6 is 11.3 Å². The molecule has 22 heavy (non-hydrogen) atoms. The van der Waals surface area contributed by atoms with Gasteiger partial charge in [0.15, 0.2) is 0 Å². The summed E-state index contributed by atoms with van der Waals surface area (Å²) in [7, 11) is 0. The SMILES string of the molecule is O=C(O)C1CCCN(C(c2cccs2)c2ccccc2F)C1. The van der Waals surface area contributed by atoms with Gasteiger partial charge in [0.05, 0.1) is 12.0 Å². The molecule has 1 saturated heterocycles. The summed E-state index contributed by atoms with van der Waals surface area (Å²) in [6, 6.07) is 10.5. The van der Waals surface area contributed by atoms with E-state index in [4.69, 9.17) is 0 Å². The zero-order valence-electron chi connectivity index (χ0n) is 12.1. The van der Waals surface area contributed by atoms with E-state index in [0.717, 1.165) is 17.8 Å². The molecule has 1 N–H and O–H groups in total. The second-order valence-electron chi connectivity index (χ2n) is 5.61.